The van der Waals surface area contributed by atoms with E-state index in [1.54, 1.807) is 10.6 Å². The first-order valence-corrected chi connectivity index (χ1v) is 5.28. The molecular formula is C11H10Cl2N2. The summed E-state index contributed by atoms with van der Waals surface area (Å²) in [5, 5.41) is 0.975. The molecule has 4 heteroatoms. The second kappa shape index (κ2) is 4.17. The molecular weight excluding hydrogens is 231 g/mol. The summed E-state index contributed by atoms with van der Waals surface area (Å²) in [6, 6.07) is 11.6. The van der Waals surface area contributed by atoms with Crippen LogP contribution in [0.3, 0.4) is 0 Å². The minimum Gasteiger partial charge on any atom is -0.385 e. The predicted molar refractivity (Wildman–Crippen MR) is 64.4 cm³/mol. The third-order valence-electron chi connectivity index (χ3n) is 2.20. The SMILES string of the molecule is Nc1cc(Cl)c(Cl)n1Cc1ccccc1. The molecule has 2 aromatic rings. The molecule has 0 amide bonds. The van der Waals surface area contributed by atoms with Gasteiger partial charge in [0.05, 0.1) is 11.6 Å². The van der Waals surface area contributed by atoms with Crippen molar-refractivity contribution in [1.29, 1.82) is 0 Å². The number of anilines is 1. The van der Waals surface area contributed by atoms with Gasteiger partial charge in [-0.3, -0.25) is 0 Å². The number of hydrogen-bond donors (Lipinski definition) is 1. The first-order chi connectivity index (χ1) is 7.18. The van der Waals surface area contributed by atoms with Crippen LogP contribution in [-0.2, 0) is 6.54 Å². The molecule has 2 rings (SSSR count). The minimum atomic E-state index is 0.484. The first-order valence-electron chi connectivity index (χ1n) is 4.52. The molecule has 1 aromatic heterocycles. The smallest absolute Gasteiger partial charge is 0.129 e. The lowest BCUT2D eigenvalue weighted by atomic mass is 10.2. The maximum atomic E-state index is 6.01. The zero-order valence-electron chi connectivity index (χ0n) is 7.95. The predicted octanol–water partition coefficient (Wildman–Crippen LogP) is 3.43. The molecule has 1 aromatic carbocycles. The standard InChI is InChI=1S/C11H10Cl2N2/c12-9-6-10(14)15(11(9)13)7-8-4-2-1-3-5-8/h1-6H,7,14H2. The quantitative estimate of drug-likeness (QED) is 0.857. The second-order valence-corrected chi connectivity index (χ2v) is 4.04. The van der Waals surface area contributed by atoms with Crippen molar-refractivity contribution in [2.75, 3.05) is 5.73 Å². The molecule has 0 radical (unpaired) electrons. The fraction of sp³-hybridized carbons (Fsp3) is 0.0909. The lowest BCUT2D eigenvalue weighted by molar-refractivity contribution is 0.818. The summed E-state index contributed by atoms with van der Waals surface area (Å²) >= 11 is 11.9. The van der Waals surface area contributed by atoms with Crippen LogP contribution in [-0.4, -0.2) is 4.57 Å². The van der Waals surface area contributed by atoms with Crippen molar-refractivity contribution in [1.82, 2.24) is 4.57 Å². The van der Waals surface area contributed by atoms with Crippen molar-refractivity contribution >= 4 is 29.0 Å². The van der Waals surface area contributed by atoms with Crippen LogP contribution in [0.4, 0.5) is 5.82 Å². The summed E-state index contributed by atoms with van der Waals surface area (Å²) in [5.74, 6) is 0.578. The van der Waals surface area contributed by atoms with Crippen LogP contribution in [0.2, 0.25) is 10.2 Å². The van der Waals surface area contributed by atoms with Crippen LogP contribution in [0.25, 0.3) is 0 Å². The average Bonchev–Trinajstić information content (AvgIpc) is 2.47. The molecule has 0 aliphatic rings. The number of aromatic nitrogens is 1. The van der Waals surface area contributed by atoms with E-state index in [1.165, 1.54) is 0 Å². The highest BCUT2D eigenvalue weighted by molar-refractivity contribution is 6.41. The van der Waals surface area contributed by atoms with Crippen LogP contribution in [0.1, 0.15) is 5.56 Å². The summed E-state index contributed by atoms with van der Waals surface area (Å²) in [7, 11) is 0. The number of benzene rings is 1. The molecule has 0 bridgehead atoms. The Hall–Kier alpha value is -1.12. The number of halogens is 2. The van der Waals surface area contributed by atoms with Crippen molar-refractivity contribution < 1.29 is 0 Å². The Morgan fingerprint density at radius 3 is 2.33 bits per heavy atom. The van der Waals surface area contributed by atoms with Gasteiger partial charge in [0.1, 0.15) is 11.0 Å². The number of nitrogens with two attached hydrogens (primary N) is 1. The molecule has 0 atom stereocenters. The Labute approximate surface area is 98.2 Å². The molecule has 1 heterocycles. The van der Waals surface area contributed by atoms with E-state index >= 15 is 0 Å². The van der Waals surface area contributed by atoms with E-state index in [1.807, 2.05) is 30.3 Å². The molecule has 0 aliphatic carbocycles. The maximum absolute atomic E-state index is 6.01. The summed E-state index contributed by atoms with van der Waals surface area (Å²) in [5.41, 5.74) is 6.92. The Balaban J connectivity index is 2.32. The van der Waals surface area contributed by atoms with E-state index in [2.05, 4.69) is 0 Å². The fourth-order valence-electron chi connectivity index (χ4n) is 1.44. The van der Waals surface area contributed by atoms with Gasteiger partial charge in [-0.15, -0.1) is 0 Å². The lowest BCUT2D eigenvalue weighted by Crippen LogP contribution is -2.03. The third-order valence-corrected chi connectivity index (χ3v) is 3.00. The topological polar surface area (TPSA) is 30.9 Å². The summed E-state index contributed by atoms with van der Waals surface area (Å²) in [6.45, 7) is 0.637. The summed E-state index contributed by atoms with van der Waals surface area (Å²) in [4.78, 5) is 0. The highest BCUT2D eigenvalue weighted by Crippen LogP contribution is 2.28. The molecule has 0 aliphatic heterocycles. The average molecular weight is 241 g/mol. The fourth-order valence-corrected chi connectivity index (χ4v) is 1.86. The van der Waals surface area contributed by atoms with Crippen molar-refractivity contribution in [2.45, 2.75) is 6.54 Å². The molecule has 2 nitrogen and oxygen atoms in total. The molecule has 78 valence electrons. The number of hydrogen-bond acceptors (Lipinski definition) is 1. The molecule has 0 spiro atoms. The third kappa shape index (κ3) is 2.11. The monoisotopic (exact) mass is 240 g/mol. The number of rotatable bonds is 2. The zero-order chi connectivity index (χ0) is 10.8. The Kier molecular flexibility index (Phi) is 2.89. The van der Waals surface area contributed by atoms with E-state index in [0.29, 0.717) is 22.5 Å². The normalized spacial score (nSPS) is 10.5. The Bertz CT molecular complexity index is 463. The van der Waals surface area contributed by atoms with Gasteiger partial charge in [-0.25, -0.2) is 0 Å². The van der Waals surface area contributed by atoms with Gasteiger partial charge in [0.2, 0.25) is 0 Å². The van der Waals surface area contributed by atoms with Gasteiger partial charge in [-0.1, -0.05) is 53.5 Å². The molecule has 0 saturated heterocycles. The Morgan fingerprint density at radius 2 is 1.80 bits per heavy atom. The van der Waals surface area contributed by atoms with Gasteiger partial charge in [0, 0.05) is 6.07 Å². The molecule has 0 saturated carbocycles. The second-order valence-electron chi connectivity index (χ2n) is 3.28. The van der Waals surface area contributed by atoms with E-state index in [-0.39, 0.29) is 0 Å². The number of nitrogen functional groups attached to an aromatic ring is 1. The van der Waals surface area contributed by atoms with Crippen molar-refractivity contribution in [3.63, 3.8) is 0 Å². The van der Waals surface area contributed by atoms with E-state index < -0.39 is 0 Å². The van der Waals surface area contributed by atoms with E-state index in [9.17, 15) is 0 Å². The lowest BCUT2D eigenvalue weighted by Gasteiger charge is -2.07. The molecule has 0 fully saturated rings. The van der Waals surface area contributed by atoms with Gasteiger partial charge in [-0.05, 0) is 5.56 Å². The van der Waals surface area contributed by atoms with Crippen molar-refractivity contribution in [3.8, 4) is 0 Å². The van der Waals surface area contributed by atoms with Gasteiger partial charge >= 0.3 is 0 Å². The van der Waals surface area contributed by atoms with Gasteiger partial charge in [0.15, 0.2) is 0 Å². The molecule has 0 unspecified atom stereocenters. The van der Waals surface area contributed by atoms with E-state index in [0.717, 1.165) is 5.56 Å². The van der Waals surface area contributed by atoms with Crippen molar-refractivity contribution in [3.05, 3.63) is 52.1 Å². The molecule has 2 N–H and O–H groups in total. The highest BCUT2D eigenvalue weighted by Gasteiger charge is 2.09. The van der Waals surface area contributed by atoms with Crippen LogP contribution < -0.4 is 5.73 Å². The zero-order valence-corrected chi connectivity index (χ0v) is 9.46. The van der Waals surface area contributed by atoms with Crippen LogP contribution >= 0.6 is 23.2 Å². The van der Waals surface area contributed by atoms with Crippen LogP contribution in [0.5, 0.6) is 0 Å². The Morgan fingerprint density at radius 1 is 1.13 bits per heavy atom. The van der Waals surface area contributed by atoms with Gasteiger partial charge < -0.3 is 10.3 Å². The van der Waals surface area contributed by atoms with E-state index in [4.69, 9.17) is 28.9 Å². The van der Waals surface area contributed by atoms with Crippen molar-refractivity contribution in [2.24, 2.45) is 0 Å². The minimum absolute atomic E-state index is 0.484. The largest absolute Gasteiger partial charge is 0.385 e. The highest BCUT2D eigenvalue weighted by atomic mass is 35.5. The number of nitrogens with zero attached hydrogens (tertiary/aromatic N) is 1. The van der Waals surface area contributed by atoms with Gasteiger partial charge in [-0.2, -0.15) is 0 Å². The summed E-state index contributed by atoms with van der Waals surface area (Å²) < 4.78 is 1.78. The van der Waals surface area contributed by atoms with Crippen LogP contribution in [0, 0.1) is 0 Å². The molecule has 15 heavy (non-hydrogen) atoms. The maximum Gasteiger partial charge on any atom is 0.129 e. The van der Waals surface area contributed by atoms with Crippen LogP contribution in [0.15, 0.2) is 36.4 Å². The first kappa shape index (κ1) is 10.4. The van der Waals surface area contributed by atoms with Gasteiger partial charge in [0.25, 0.3) is 0 Å². The summed E-state index contributed by atoms with van der Waals surface area (Å²) in [6.07, 6.45) is 0.